The predicted octanol–water partition coefficient (Wildman–Crippen LogP) is 3.02. The second-order valence-corrected chi connectivity index (χ2v) is 3.44. The Morgan fingerprint density at radius 2 is 1.06 bits per heavy atom. The van der Waals surface area contributed by atoms with E-state index >= 15 is 0 Å². The molecule has 4 heteroatoms. The van der Waals surface area contributed by atoms with E-state index in [0.29, 0.717) is 22.5 Å². The van der Waals surface area contributed by atoms with Gasteiger partial charge in [-0.1, -0.05) is 24.3 Å². The van der Waals surface area contributed by atoms with Crippen molar-refractivity contribution in [2.75, 3.05) is 0 Å². The standard InChI is InChI=1S/C14H8N2O2/c17-9-11-5-1-3-7-13(11)15-16-14-8-4-2-6-12(14)10-18/h1-8H. The number of azo groups is 1. The van der Waals surface area contributed by atoms with Crippen LogP contribution in [0.15, 0.2) is 58.8 Å². The molecule has 0 saturated heterocycles. The van der Waals surface area contributed by atoms with Crippen molar-refractivity contribution in [3.05, 3.63) is 59.7 Å². The van der Waals surface area contributed by atoms with Crippen LogP contribution in [0, 0.1) is 0 Å². The molecule has 0 aliphatic rings. The van der Waals surface area contributed by atoms with Gasteiger partial charge in [0.25, 0.3) is 0 Å². The van der Waals surface area contributed by atoms with Gasteiger partial charge < -0.3 is 0 Å². The van der Waals surface area contributed by atoms with E-state index in [1.807, 2.05) is 0 Å². The first-order valence-electron chi connectivity index (χ1n) is 5.21. The second-order valence-electron chi connectivity index (χ2n) is 3.44. The molecule has 0 amide bonds. The molecule has 0 fully saturated rings. The third kappa shape index (κ3) is 2.55. The van der Waals surface area contributed by atoms with E-state index in [1.165, 1.54) is 0 Å². The van der Waals surface area contributed by atoms with Crippen LogP contribution in [0.5, 0.6) is 0 Å². The molecule has 2 rings (SSSR count). The van der Waals surface area contributed by atoms with Gasteiger partial charge in [0.15, 0.2) is 0 Å². The molecule has 2 radical (unpaired) electrons. The predicted molar refractivity (Wildman–Crippen MR) is 66.7 cm³/mol. The number of hydrogen-bond acceptors (Lipinski definition) is 4. The van der Waals surface area contributed by atoms with Crippen LogP contribution >= 0.6 is 0 Å². The van der Waals surface area contributed by atoms with E-state index in [2.05, 4.69) is 10.2 Å². The highest BCUT2D eigenvalue weighted by atomic mass is 16.1. The molecule has 0 aliphatic carbocycles. The number of carbonyl (C=O) groups excluding carboxylic acids is 2. The maximum Gasteiger partial charge on any atom is 0.235 e. The minimum Gasteiger partial charge on any atom is -0.285 e. The quantitative estimate of drug-likeness (QED) is 0.766. The Morgan fingerprint density at radius 3 is 1.44 bits per heavy atom. The maximum atomic E-state index is 10.7. The van der Waals surface area contributed by atoms with Crippen LogP contribution < -0.4 is 0 Å². The highest BCUT2D eigenvalue weighted by Gasteiger charge is 2.01. The fraction of sp³-hybridized carbons (Fsp3) is 0. The summed E-state index contributed by atoms with van der Waals surface area (Å²) in [5.74, 6) is 0. The Morgan fingerprint density at radius 1 is 0.667 bits per heavy atom. The summed E-state index contributed by atoms with van der Waals surface area (Å²) in [6.45, 7) is 0. The number of hydrogen-bond donors (Lipinski definition) is 0. The molecular weight excluding hydrogens is 228 g/mol. The van der Waals surface area contributed by atoms with Crippen molar-refractivity contribution in [2.45, 2.75) is 0 Å². The molecule has 0 aromatic heterocycles. The van der Waals surface area contributed by atoms with Crippen molar-refractivity contribution in [1.29, 1.82) is 0 Å². The first-order valence-corrected chi connectivity index (χ1v) is 5.21. The van der Waals surface area contributed by atoms with E-state index in [9.17, 15) is 9.59 Å². The maximum absolute atomic E-state index is 10.7. The number of nitrogens with zero attached hydrogens (tertiary/aromatic N) is 2. The van der Waals surface area contributed by atoms with Gasteiger partial charge in [-0.25, -0.2) is 0 Å². The molecule has 2 aromatic carbocycles. The minimum atomic E-state index is 0.328. The highest BCUT2D eigenvalue weighted by Crippen LogP contribution is 2.22. The smallest absolute Gasteiger partial charge is 0.235 e. The van der Waals surface area contributed by atoms with Gasteiger partial charge >= 0.3 is 0 Å². The molecule has 86 valence electrons. The Hall–Kier alpha value is -2.62. The summed E-state index contributed by atoms with van der Waals surface area (Å²) >= 11 is 0. The molecule has 0 unspecified atom stereocenters. The van der Waals surface area contributed by atoms with Gasteiger partial charge in [0.2, 0.25) is 12.6 Å². The lowest BCUT2D eigenvalue weighted by molar-refractivity contribution is 0.562. The fourth-order valence-corrected chi connectivity index (χ4v) is 1.40. The fourth-order valence-electron chi connectivity index (χ4n) is 1.40. The Kier molecular flexibility index (Phi) is 3.71. The van der Waals surface area contributed by atoms with Gasteiger partial charge in [-0.05, 0) is 24.3 Å². The summed E-state index contributed by atoms with van der Waals surface area (Å²) in [7, 11) is 0. The number of benzene rings is 2. The van der Waals surface area contributed by atoms with Crippen molar-refractivity contribution in [2.24, 2.45) is 10.2 Å². The summed E-state index contributed by atoms with van der Waals surface area (Å²) in [4.78, 5) is 21.3. The third-order valence-electron chi connectivity index (χ3n) is 2.29. The molecule has 18 heavy (non-hydrogen) atoms. The Labute approximate surface area is 104 Å². The van der Waals surface area contributed by atoms with E-state index in [-0.39, 0.29) is 0 Å². The minimum absolute atomic E-state index is 0.328. The first kappa shape index (κ1) is 11.9. The normalized spacial score (nSPS) is 10.4. The van der Waals surface area contributed by atoms with Crippen LogP contribution in [0.2, 0.25) is 0 Å². The van der Waals surface area contributed by atoms with Gasteiger partial charge in [0.1, 0.15) is 0 Å². The zero-order valence-electron chi connectivity index (χ0n) is 9.33. The molecule has 4 nitrogen and oxygen atoms in total. The lowest BCUT2D eigenvalue weighted by Crippen LogP contribution is -1.81. The first-order chi connectivity index (χ1) is 8.85. The van der Waals surface area contributed by atoms with Crippen molar-refractivity contribution < 1.29 is 9.59 Å². The zero-order valence-corrected chi connectivity index (χ0v) is 9.33. The monoisotopic (exact) mass is 236 g/mol. The zero-order chi connectivity index (χ0) is 12.8. The Balaban J connectivity index is 2.35. The lowest BCUT2D eigenvalue weighted by Gasteiger charge is -1.97. The molecule has 0 N–H and O–H groups in total. The van der Waals surface area contributed by atoms with E-state index in [4.69, 9.17) is 0 Å². The van der Waals surface area contributed by atoms with E-state index in [0.717, 1.165) is 0 Å². The summed E-state index contributed by atoms with van der Waals surface area (Å²) in [5.41, 5.74) is 1.48. The van der Waals surface area contributed by atoms with Gasteiger partial charge in [-0.15, -0.1) is 10.2 Å². The molecule has 0 atom stereocenters. The van der Waals surface area contributed by atoms with Crippen LogP contribution in [0.3, 0.4) is 0 Å². The average molecular weight is 236 g/mol. The van der Waals surface area contributed by atoms with Crippen LogP contribution in [0.25, 0.3) is 0 Å². The molecule has 2 aromatic rings. The van der Waals surface area contributed by atoms with Gasteiger partial charge in [-0.2, -0.15) is 0 Å². The molecule has 0 aliphatic heterocycles. The van der Waals surface area contributed by atoms with Crippen LogP contribution in [0.1, 0.15) is 11.1 Å². The summed E-state index contributed by atoms with van der Waals surface area (Å²) in [5, 5.41) is 7.88. The lowest BCUT2D eigenvalue weighted by atomic mass is 10.2. The summed E-state index contributed by atoms with van der Waals surface area (Å²) in [6, 6.07) is 13.4. The largest absolute Gasteiger partial charge is 0.285 e. The van der Waals surface area contributed by atoms with Gasteiger partial charge in [0, 0.05) is 0 Å². The second kappa shape index (κ2) is 5.63. The summed E-state index contributed by atoms with van der Waals surface area (Å²) in [6.07, 6.45) is 3.56. The summed E-state index contributed by atoms with van der Waals surface area (Å²) < 4.78 is 0. The van der Waals surface area contributed by atoms with Gasteiger partial charge in [0.05, 0.1) is 22.5 Å². The van der Waals surface area contributed by atoms with Crippen molar-refractivity contribution in [3.8, 4) is 0 Å². The van der Waals surface area contributed by atoms with Crippen LogP contribution in [-0.4, -0.2) is 12.6 Å². The van der Waals surface area contributed by atoms with Crippen LogP contribution in [0.4, 0.5) is 11.4 Å². The number of rotatable bonds is 4. The van der Waals surface area contributed by atoms with Crippen molar-refractivity contribution >= 4 is 23.9 Å². The molecule has 0 bridgehead atoms. The molecule has 0 saturated carbocycles. The molecule has 0 spiro atoms. The van der Waals surface area contributed by atoms with E-state index < -0.39 is 0 Å². The van der Waals surface area contributed by atoms with E-state index in [1.54, 1.807) is 61.1 Å². The van der Waals surface area contributed by atoms with Crippen molar-refractivity contribution in [1.82, 2.24) is 0 Å². The van der Waals surface area contributed by atoms with Crippen LogP contribution in [-0.2, 0) is 9.59 Å². The topological polar surface area (TPSA) is 58.9 Å². The molecular formula is C14H8N2O2. The third-order valence-corrected chi connectivity index (χ3v) is 2.29. The molecule has 0 heterocycles. The Bertz CT molecular complexity index is 553. The SMILES string of the molecule is O=[C]c1ccccc1N=Nc1ccccc1[C]=O. The average Bonchev–Trinajstić information content (AvgIpc) is 2.45. The van der Waals surface area contributed by atoms with Gasteiger partial charge in [-0.3, -0.25) is 9.59 Å². The highest BCUT2D eigenvalue weighted by molar-refractivity contribution is 5.84. The van der Waals surface area contributed by atoms with Crippen molar-refractivity contribution in [3.63, 3.8) is 0 Å².